The SMILES string of the molecule is COc1ccc([N+](=O)[O-])cc1N1C(=O)[C@@H]2[C@H](c3ccc([N+](=O)[O-])cc3)N[C@@](Cc3ccccc3)(C(=O)O)[C@H]2C1=O. The molecule has 204 valence electrons. The quantitative estimate of drug-likeness (QED) is 0.242. The van der Waals surface area contributed by atoms with Crippen molar-refractivity contribution in [3.63, 3.8) is 0 Å². The van der Waals surface area contributed by atoms with Gasteiger partial charge in [-0.3, -0.25) is 39.9 Å². The molecule has 0 radical (unpaired) electrons. The average Bonchev–Trinajstić information content (AvgIpc) is 3.42. The summed E-state index contributed by atoms with van der Waals surface area (Å²) >= 11 is 0. The summed E-state index contributed by atoms with van der Waals surface area (Å²) in [6.45, 7) is 0. The summed E-state index contributed by atoms with van der Waals surface area (Å²) in [6, 6.07) is 16.3. The number of methoxy groups -OCH3 is 1. The van der Waals surface area contributed by atoms with Gasteiger partial charge in [0.15, 0.2) is 0 Å². The third-order valence-corrected chi connectivity index (χ3v) is 7.44. The standard InChI is InChI=1S/C27H22N4O9/c1-40-20-12-11-18(31(38)39)13-19(20)29-24(32)21-22(25(29)33)27(26(34)35,14-15-5-3-2-4-6-15)28-23(21)16-7-9-17(10-8-16)30(36)37/h2-13,21-23,28H,14H2,1H3,(H,34,35)/t21-,22+,23-,27+/m0/s1. The number of hydrogen-bond donors (Lipinski definition) is 2. The van der Waals surface area contributed by atoms with E-state index in [0.717, 1.165) is 17.0 Å². The Bertz CT molecular complexity index is 1540. The first-order chi connectivity index (χ1) is 19.1. The zero-order chi connectivity index (χ0) is 28.8. The number of anilines is 1. The molecule has 2 heterocycles. The number of fused-ring (bicyclic) bond motifs is 1. The Morgan fingerprint density at radius 3 is 2.17 bits per heavy atom. The largest absolute Gasteiger partial charge is 0.495 e. The first kappa shape index (κ1) is 26.4. The molecule has 3 aromatic rings. The zero-order valence-electron chi connectivity index (χ0n) is 20.9. The number of carboxylic acid groups (broad SMARTS) is 1. The van der Waals surface area contributed by atoms with Gasteiger partial charge in [-0.15, -0.1) is 0 Å². The molecule has 2 aliphatic heterocycles. The zero-order valence-corrected chi connectivity index (χ0v) is 20.9. The van der Waals surface area contributed by atoms with Crippen molar-refractivity contribution in [2.45, 2.75) is 18.0 Å². The second kappa shape index (κ2) is 9.85. The lowest BCUT2D eigenvalue weighted by molar-refractivity contribution is -0.385. The van der Waals surface area contributed by atoms with Crippen LogP contribution >= 0.6 is 0 Å². The number of nitrogens with one attached hydrogen (secondary N) is 1. The summed E-state index contributed by atoms with van der Waals surface area (Å²) in [5.41, 5.74) is -1.77. The summed E-state index contributed by atoms with van der Waals surface area (Å²) in [6.07, 6.45) is -0.160. The normalized spacial score (nSPS) is 23.6. The van der Waals surface area contributed by atoms with Crippen LogP contribution in [0.15, 0.2) is 72.8 Å². The molecule has 0 aliphatic carbocycles. The van der Waals surface area contributed by atoms with Gasteiger partial charge in [0, 0.05) is 36.7 Å². The van der Waals surface area contributed by atoms with Gasteiger partial charge < -0.3 is 9.84 Å². The van der Waals surface area contributed by atoms with E-state index in [1.54, 1.807) is 30.3 Å². The van der Waals surface area contributed by atoms with Crippen LogP contribution in [0, 0.1) is 32.1 Å². The monoisotopic (exact) mass is 546 g/mol. The summed E-state index contributed by atoms with van der Waals surface area (Å²) in [7, 11) is 1.27. The van der Waals surface area contributed by atoms with Crippen molar-refractivity contribution < 1.29 is 34.1 Å². The molecular weight excluding hydrogens is 524 g/mol. The van der Waals surface area contributed by atoms with Crippen LogP contribution < -0.4 is 15.0 Å². The van der Waals surface area contributed by atoms with Gasteiger partial charge in [-0.25, -0.2) is 4.90 Å². The Morgan fingerprint density at radius 1 is 0.975 bits per heavy atom. The van der Waals surface area contributed by atoms with E-state index in [-0.39, 0.29) is 23.5 Å². The molecule has 2 fully saturated rings. The summed E-state index contributed by atoms with van der Waals surface area (Å²) < 4.78 is 5.29. The van der Waals surface area contributed by atoms with Crippen LogP contribution in [0.4, 0.5) is 17.1 Å². The fraction of sp³-hybridized carbons (Fsp3) is 0.222. The number of nitro groups is 2. The van der Waals surface area contributed by atoms with Gasteiger partial charge in [-0.05, 0) is 17.2 Å². The molecular formula is C27H22N4O9. The first-order valence-corrected chi connectivity index (χ1v) is 12.1. The lowest BCUT2D eigenvalue weighted by Crippen LogP contribution is -2.57. The second-order valence-electron chi connectivity index (χ2n) is 9.54. The van der Waals surface area contributed by atoms with Crippen LogP contribution in [-0.2, 0) is 20.8 Å². The van der Waals surface area contributed by atoms with E-state index < -0.39 is 56.7 Å². The Labute approximate surface area is 226 Å². The predicted octanol–water partition coefficient (Wildman–Crippen LogP) is 3.03. The molecule has 13 heteroatoms. The van der Waals surface area contributed by atoms with Crippen molar-refractivity contribution in [2.75, 3.05) is 12.0 Å². The predicted molar refractivity (Wildman–Crippen MR) is 139 cm³/mol. The molecule has 40 heavy (non-hydrogen) atoms. The highest BCUT2D eigenvalue weighted by molar-refractivity contribution is 6.25. The van der Waals surface area contributed by atoms with Gasteiger partial charge in [-0.2, -0.15) is 0 Å². The average molecular weight is 546 g/mol. The van der Waals surface area contributed by atoms with Crippen molar-refractivity contribution >= 4 is 34.8 Å². The van der Waals surface area contributed by atoms with Gasteiger partial charge in [0.25, 0.3) is 11.4 Å². The lowest BCUT2D eigenvalue weighted by Gasteiger charge is -2.31. The maximum absolute atomic E-state index is 14.1. The summed E-state index contributed by atoms with van der Waals surface area (Å²) in [5, 5.41) is 36.3. The number of rotatable bonds is 8. The molecule has 5 rings (SSSR count). The molecule has 13 nitrogen and oxygen atoms in total. The number of nitro benzene ring substituents is 2. The first-order valence-electron chi connectivity index (χ1n) is 12.1. The topological polar surface area (TPSA) is 182 Å². The number of non-ortho nitro benzene ring substituents is 2. The van der Waals surface area contributed by atoms with E-state index in [0.29, 0.717) is 11.1 Å². The maximum Gasteiger partial charge on any atom is 0.325 e. The number of nitrogens with zero attached hydrogens (tertiary/aromatic N) is 3. The summed E-state index contributed by atoms with van der Waals surface area (Å²) in [4.78, 5) is 63.2. The Hall–Kier alpha value is -5.17. The number of hydrogen-bond acceptors (Lipinski definition) is 9. The van der Waals surface area contributed by atoms with Crippen molar-refractivity contribution in [1.82, 2.24) is 5.32 Å². The molecule has 0 aromatic heterocycles. The minimum absolute atomic E-state index is 0.0103. The number of carboxylic acids is 1. The van der Waals surface area contributed by atoms with Crippen molar-refractivity contribution in [3.05, 3.63) is 104 Å². The fourth-order valence-corrected chi connectivity index (χ4v) is 5.65. The number of carbonyl (C=O) groups excluding carboxylic acids is 2. The smallest absolute Gasteiger partial charge is 0.325 e. The molecule has 3 aromatic carbocycles. The van der Waals surface area contributed by atoms with E-state index in [1.807, 2.05) is 0 Å². The number of imide groups is 1. The number of aliphatic carboxylic acids is 1. The summed E-state index contributed by atoms with van der Waals surface area (Å²) in [5.74, 6) is -5.65. The molecule has 0 spiro atoms. The van der Waals surface area contributed by atoms with E-state index in [2.05, 4.69) is 5.32 Å². The van der Waals surface area contributed by atoms with Crippen molar-refractivity contribution in [3.8, 4) is 5.75 Å². The molecule has 4 atom stereocenters. The maximum atomic E-state index is 14.1. The van der Waals surface area contributed by atoms with Crippen LogP contribution in [0.5, 0.6) is 5.75 Å². The van der Waals surface area contributed by atoms with Crippen LogP contribution in [0.1, 0.15) is 17.2 Å². The van der Waals surface area contributed by atoms with Gasteiger partial charge >= 0.3 is 5.97 Å². The highest BCUT2D eigenvalue weighted by Gasteiger charge is 2.69. The van der Waals surface area contributed by atoms with Crippen molar-refractivity contribution in [2.24, 2.45) is 11.8 Å². The minimum atomic E-state index is -1.95. The van der Waals surface area contributed by atoms with E-state index in [9.17, 15) is 39.7 Å². The molecule has 0 bridgehead atoms. The molecule has 2 saturated heterocycles. The van der Waals surface area contributed by atoms with Crippen LogP contribution in [0.3, 0.4) is 0 Å². The third kappa shape index (κ3) is 4.12. The third-order valence-electron chi connectivity index (χ3n) is 7.44. The van der Waals surface area contributed by atoms with Crippen LogP contribution in [0.25, 0.3) is 0 Å². The second-order valence-corrected chi connectivity index (χ2v) is 9.54. The lowest BCUT2D eigenvalue weighted by atomic mass is 9.76. The molecule has 2 aliphatic rings. The van der Waals surface area contributed by atoms with E-state index >= 15 is 0 Å². The Kier molecular flexibility index (Phi) is 6.51. The molecule has 0 unspecified atom stereocenters. The van der Waals surface area contributed by atoms with E-state index in [1.165, 1.54) is 37.4 Å². The minimum Gasteiger partial charge on any atom is -0.495 e. The van der Waals surface area contributed by atoms with Gasteiger partial charge in [0.1, 0.15) is 17.0 Å². The highest BCUT2D eigenvalue weighted by atomic mass is 16.6. The molecule has 2 N–H and O–H groups in total. The van der Waals surface area contributed by atoms with E-state index in [4.69, 9.17) is 4.74 Å². The number of ether oxygens (including phenoxy) is 1. The number of carbonyl (C=O) groups is 3. The number of amides is 2. The Morgan fingerprint density at radius 2 is 1.60 bits per heavy atom. The highest BCUT2D eigenvalue weighted by Crippen LogP contribution is 2.52. The number of benzene rings is 3. The van der Waals surface area contributed by atoms with Gasteiger partial charge in [0.2, 0.25) is 11.8 Å². The molecule has 0 saturated carbocycles. The fourth-order valence-electron chi connectivity index (χ4n) is 5.65. The van der Waals surface area contributed by atoms with Crippen LogP contribution in [-0.4, -0.2) is 45.4 Å². The van der Waals surface area contributed by atoms with Gasteiger partial charge in [0.05, 0.1) is 28.8 Å². The van der Waals surface area contributed by atoms with Crippen molar-refractivity contribution in [1.29, 1.82) is 0 Å². The Balaban J connectivity index is 1.68. The van der Waals surface area contributed by atoms with Gasteiger partial charge in [-0.1, -0.05) is 42.5 Å². The van der Waals surface area contributed by atoms with Crippen LogP contribution in [0.2, 0.25) is 0 Å². The molecule has 2 amide bonds.